The summed E-state index contributed by atoms with van der Waals surface area (Å²) in [6.07, 6.45) is 9.65. The molecule has 3 rings (SSSR count). The van der Waals surface area contributed by atoms with E-state index in [0.717, 1.165) is 43.9 Å². The fourth-order valence-corrected chi connectivity index (χ4v) is 3.95. The fourth-order valence-electron chi connectivity index (χ4n) is 3.95. The highest BCUT2D eigenvalue weighted by atomic mass is 16.5. The van der Waals surface area contributed by atoms with Gasteiger partial charge >= 0.3 is 0 Å². The van der Waals surface area contributed by atoms with Gasteiger partial charge in [-0.2, -0.15) is 5.10 Å². The Morgan fingerprint density at radius 1 is 1.36 bits per heavy atom. The number of aryl methyl sites for hydroxylation is 1. The molecule has 1 saturated heterocycles. The van der Waals surface area contributed by atoms with Gasteiger partial charge in [-0.15, -0.1) is 0 Å². The van der Waals surface area contributed by atoms with Gasteiger partial charge in [-0.1, -0.05) is 6.92 Å². The van der Waals surface area contributed by atoms with Crippen LogP contribution in [0.1, 0.15) is 57.6 Å². The molecule has 2 heterocycles. The minimum absolute atomic E-state index is 0.0799. The summed E-state index contributed by atoms with van der Waals surface area (Å²) in [5.74, 6) is 1.31. The standard InChI is InChI=1S/C19H32N4O2/c1-13-4-6-17(7-5-13)22-19(24)14(2)20-10-15-8-9-25-18(15)16-11-21-23(3)12-16/h11-15,17-18,20H,4-10H2,1-3H3,(H,22,24)/t13?,14-,15-,17?,18-/m0/s1. The summed E-state index contributed by atoms with van der Waals surface area (Å²) in [5, 5.41) is 10.9. The van der Waals surface area contributed by atoms with Crippen LogP contribution < -0.4 is 10.6 Å². The van der Waals surface area contributed by atoms with Gasteiger partial charge in [0.2, 0.25) is 5.91 Å². The van der Waals surface area contributed by atoms with Crippen molar-refractivity contribution in [2.24, 2.45) is 18.9 Å². The second-order valence-electron chi connectivity index (χ2n) is 7.88. The van der Waals surface area contributed by atoms with Gasteiger partial charge in [0.05, 0.1) is 18.3 Å². The maximum atomic E-state index is 12.4. The zero-order valence-electron chi connectivity index (χ0n) is 15.7. The first-order valence-electron chi connectivity index (χ1n) is 9.67. The van der Waals surface area contributed by atoms with Gasteiger partial charge in [0.15, 0.2) is 0 Å². The molecule has 0 spiro atoms. The Balaban J connectivity index is 1.44. The monoisotopic (exact) mass is 348 g/mol. The molecule has 140 valence electrons. The highest BCUT2D eigenvalue weighted by molar-refractivity contribution is 5.81. The quantitative estimate of drug-likeness (QED) is 0.827. The fraction of sp³-hybridized carbons (Fsp3) is 0.789. The van der Waals surface area contributed by atoms with E-state index in [4.69, 9.17) is 4.74 Å². The summed E-state index contributed by atoms with van der Waals surface area (Å²) in [6, 6.07) is 0.181. The van der Waals surface area contributed by atoms with Crippen LogP contribution in [0.5, 0.6) is 0 Å². The van der Waals surface area contributed by atoms with Crippen molar-refractivity contribution in [3.8, 4) is 0 Å². The predicted molar refractivity (Wildman–Crippen MR) is 97.0 cm³/mol. The SMILES string of the molecule is CC1CCC(NC(=O)[C@H](C)NC[C@@H]2CCO[C@@H]2c2cnn(C)c2)CC1. The van der Waals surface area contributed by atoms with Gasteiger partial charge in [-0.05, 0) is 44.9 Å². The van der Waals surface area contributed by atoms with Crippen LogP contribution in [0.2, 0.25) is 0 Å². The summed E-state index contributed by atoms with van der Waals surface area (Å²) in [5.41, 5.74) is 1.13. The second kappa shape index (κ2) is 8.32. The molecule has 25 heavy (non-hydrogen) atoms. The van der Waals surface area contributed by atoms with Crippen molar-refractivity contribution < 1.29 is 9.53 Å². The first kappa shape index (κ1) is 18.4. The Labute approximate surface area is 150 Å². The second-order valence-corrected chi connectivity index (χ2v) is 7.88. The molecule has 0 radical (unpaired) electrons. The lowest BCUT2D eigenvalue weighted by molar-refractivity contribution is -0.123. The number of carbonyl (C=O) groups excluding carboxylic acids is 1. The number of nitrogens with zero attached hydrogens (tertiary/aromatic N) is 2. The minimum atomic E-state index is -0.172. The Hall–Kier alpha value is -1.40. The summed E-state index contributed by atoms with van der Waals surface area (Å²) in [4.78, 5) is 12.4. The average Bonchev–Trinajstić information content (AvgIpc) is 3.23. The van der Waals surface area contributed by atoms with Crippen LogP contribution in [0.3, 0.4) is 0 Å². The largest absolute Gasteiger partial charge is 0.373 e. The molecule has 6 nitrogen and oxygen atoms in total. The van der Waals surface area contributed by atoms with Crippen molar-refractivity contribution in [1.29, 1.82) is 0 Å². The number of hydrogen-bond acceptors (Lipinski definition) is 4. The molecular formula is C19H32N4O2. The highest BCUT2D eigenvalue weighted by Gasteiger charge is 2.31. The molecule has 2 aliphatic rings. The van der Waals surface area contributed by atoms with Crippen LogP contribution in [0, 0.1) is 11.8 Å². The maximum absolute atomic E-state index is 12.4. The van der Waals surface area contributed by atoms with Gasteiger partial charge in [0.25, 0.3) is 0 Å². The lowest BCUT2D eigenvalue weighted by atomic mass is 9.87. The summed E-state index contributed by atoms with van der Waals surface area (Å²) < 4.78 is 7.70. The molecule has 2 fully saturated rings. The highest BCUT2D eigenvalue weighted by Crippen LogP contribution is 2.33. The molecule has 1 aliphatic heterocycles. The van der Waals surface area contributed by atoms with Gasteiger partial charge < -0.3 is 15.4 Å². The van der Waals surface area contributed by atoms with Crippen molar-refractivity contribution in [2.45, 2.75) is 64.1 Å². The molecule has 2 N–H and O–H groups in total. The average molecular weight is 348 g/mol. The number of amides is 1. The van der Waals surface area contributed by atoms with E-state index in [1.54, 1.807) is 0 Å². The van der Waals surface area contributed by atoms with Crippen LogP contribution in [0.25, 0.3) is 0 Å². The van der Waals surface area contributed by atoms with Gasteiger partial charge in [-0.3, -0.25) is 9.48 Å². The first-order valence-corrected chi connectivity index (χ1v) is 9.67. The number of ether oxygens (including phenoxy) is 1. The predicted octanol–water partition coefficient (Wildman–Crippen LogP) is 2.17. The van der Waals surface area contributed by atoms with Crippen molar-refractivity contribution in [1.82, 2.24) is 20.4 Å². The molecule has 1 aromatic heterocycles. The molecular weight excluding hydrogens is 316 g/mol. The van der Waals surface area contributed by atoms with Crippen LogP contribution in [-0.4, -0.2) is 40.9 Å². The summed E-state index contributed by atoms with van der Waals surface area (Å²) >= 11 is 0. The van der Waals surface area contributed by atoms with Gasteiger partial charge in [0, 0.05) is 43.9 Å². The Kier molecular flexibility index (Phi) is 6.12. The summed E-state index contributed by atoms with van der Waals surface area (Å²) in [7, 11) is 1.92. The Morgan fingerprint density at radius 3 is 2.80 bits per heavy atom. The normalized spacial score (nSPS) is 31.0. The van der Waals surface area contributed by atoms with Crippen molar-refractivity contribution in [3.63, 3.8) is 0 Å². The number of rotatable bonds is 6. The summed E-state index contributed by atoms with van der Waals surface area (Å²) in [6.45, 7) is 5.81. The lowest BCUT2D eigenvalue weighted by Gasteiger charge is -2.28. The van der Waals surface area contributed by atoms with Crippen molar-refractivity contribution in [2.75, 3.05) is 13.2 Å². The molecule has 0 unspecified atom stereocenters. The Bertz CT molecular complexity index is 566. The molecule has 6 heteroatoms. The van der Waals surface area contributed by atoms with Crippen molar-refractivity contribution in [3.05, 3.63) is 18.0 Å². The molecule has 1 saturated carbocycles. The van der Waals surface area contributed by atoms with E-state index in [1.807, 2.05) is 31.0 Å². The maximum Gasteiger partial charge on any atom is 0.237 e. The number of nitrogens with one attached hydrogen (secondary N) is 2. The van der Waals surface area contributed by atoms with Crippen LogP contribution in [0.4, 0.5) is 0 Å². The first-order chi connectivity index (χ1) is 12.0. The van der Waals surface area contributed by atoms with E-state index < -0.39 is 0 Å². The number of hydrogen-bond donors (Lipinski definition) is 2. The number of aromatic nitrogens is 2. The van der Waals surface area contributed by atoms with Crippen molar-refractivity contribution >= 4 is 5.91 Å². The van der Waals surface area contributed by atoms with E-state index >= 15 is 0 Å². The van der Waals surface area contributed by atoms with E-state index in [0.29, 0.717) is 12.0 Å². The van der Waals surface area contributed by atoms with Crippen LogP contribution >= 0.6 is 0 Å². The van der Waals surface area contributed by atoms with Gasteiger partial charge in [-0.25, -0.2) is 0 Å². The Morgan fingerprint density at radius 2 is 2.12 bits per heavy atom. The smallest absolute Gasteiger partial charge is 0.237 e. The third kappa shape index (κ3) is 4.82. The molecule has 1 aromatic rings. The van der Waals surface area contributed by atoms with Gasteiger partial charge in [0.1, 0.15) is 0 Å². The van der Waals surface area contributed by atoms with E-state index in [2.05, 4.69) is 22.7 Å². The number of carbonyl (C=O) groups is 1. The third-order valence-electron chi connectivity index (χ3n) is 5.71. The molecule has 3 atom stereocenters. The van der Waals surface area contributed by atoms with E-state index in [9.17, 15) is 4.79 Å². The van der Waals surface area contributed by atoms with E-state index in [-0.39, 0.29) is 18.1 Å². The molecule has 0 bridgehead atoms. The molecule has 0 aromatic carbocycles. The zero-order valence-corrected chi connectivity index (χ0v) is 15.7. The molecule has 1 aliphatic carbocycles. The van der Waals surface area contributed by atoms with Crippen LogP contribution in [-0.2, 0) is 16.6 Å². The topological polar surface area (TPSA) is 68.2 Å². The van der Waals surface area contributed by atoms with Crippen LogP contribution in [0.15, 0.2) is 12.4 Å². The zero-order chi connectivity index (χ0) is 17.8. The minimum Gasteiger partial charge on any atom is -0.373 e. The van der Waals surface area contributed by atoms with E-state index in [1.165, 1.54) is 12.8 Å². The molecule has 1 amide bonds. The third-order valence-corrected chi connectivity index (χ3v) is 5.71. The lowest BCUT2D eigenvalue weighted by Crippen LogP contribution is -2.48.